The Morgan fingerprint density at radius 2 is 1.83 bits per heavy atom. The number of fused-ring (bicyclic) bond motifs is 1. The molecule has 0 radical (unpaired) electrons. The van der Waals surface area contributed by atoms with Gasteiger partial charge in [-0.1, -0.05) is 31.2 Å². The number of carbonyl (C=O) groups is 2. The second-order valence-corrected chi connectivity index (χ2v) is 8.53. The number of piperazine rings is 1. The van der Waals surface area contributed by atoms with Crippen LogP contribution in [0.4, 0.5) is 17.1 Å². The third-order valence-corrected chi connectivity index (χ3v) is 6.69. The third kappa shape index (κ3) is 4.57. The molecule has 1 atom stereocenters. The fraction of sp³-hybridized carbons (Fsp3) is 0.364. The highest BCUT2D eigenvalue weighted by Crippen LogP contribution is 2.37. The van der Waals surface area contributed by atoms with Crippen LogP contribution in [0.3, 0.4) is 0 Å². The Bertz CT molecular complexity index is 896. The van der Waals surface area contributed by atoms with E-state index >= 15 is 0 Å². The highest BCUT2D eigenvalue weighted by molar-refractivity contribution is 8.01. The molecule has 2 aliphatic rings. The highest BCUT2D eigenvalue weighted by atomic mass is 32.2. The van der Waals surface area contributed by atoms with Crippen LogP contribution in [0, 0.1) is 0 Å². The largest absolute Gasteiger partial charge is 0.367 e. The van der Waals surface area contributed by atoms with Gasteiger partial charge >= 0.3 is 0 Å². The van der Waals surface area contributed by atoms with Crippen molar-refractivity contribution < 1.29 is 9.59 Å². The number of para-hydroxylation sites is 3. The average molecular weight is 411 g/mol. The summed E-state index contributed by atoms with van der Waals surface area (Å²) in [5, 5.41) is 5.51. The molecule has 2 heterocycles. The summed E-state index contributed by atoms with van der Waals surface area (Å²) in [5.74, 6) is -0.260. The number of hydrogen-bond acceptors (Lipinski definition) is 5. The average Bonchev–Trinajstić information content (AvgIpc) is 2.75. The van der Waals surface area contributed by atoms with E-state index in [0.717, 1.165) is 54.7 Å². The van der Waals surface area contributed by atoms with E-state index in [1.54, 1.807) is 0 Å². The van der Waals surface area contributed by atoms with Crippen molar-refractivity contribution in [1.82, 2.24) is 4.90 Å². The van der Waals surface area contributed by atoms with Gasteiger partial charge < -0.3 is 20.4 Å². The summed E-state index contributed by atoms with van der Waals surface area (Å²) in [6.45, 7) is 7.18. The Balaban J connectivity index is 1.41. The molecule has 2 aromatic rings. The number of nitrogens with one attached hydrogen (secondary N) is 2. The number of benzene rings is 2. The van der Waals surface area contributed by atoms with Crippen LogP contribution >= 0.6 is 11.8 Å². The predicted octanol–water partition coefficient (Wildman–Crippen LogP) is 3.27. The van der Waals surface area contributed by atoms with Crippen molar-refractivity contribution in [3.63, 3.8) is 0 Å². The van der Waals surface area contributed by atoms with E-state index in [9.17, 15) is 9.59 Å². The highest BCUT2D eigenvalue weighted by Gasteiger charge is 2.29. The summed E-state index contributed by atoms with van der Waals surface area (Å²) in [6, 6.07) is 15.6. The number of amides is 2. The van der Waals surface area contributed by atoms with Crippen LogP contribution < -0.4 is 15.5 Å². The van der Waals surface area contributed by atoms with E-state index in [1.807, 2.05) is 42.5 Å². The second-order valence-electron chi connectivity index (χ2n) is 7.28. The SMILES string of the molecule is CCN1CCN(c2ccccc2NC(=O)CC2Sc3ccccc3NC2=O)CC1. The van der Waals surface area contributed by atoms with Gasteiger partial charge in [-0.3, -0.25) is 9.59 Å². The van der Waals surface area contributed by atoms with Crippen molar-refractivity contribution in [2.75, 3.05) is 48.3 Å². The molecule has 1 unspecified atom stereocenters. The Morgan fingerprint density at radius 1 is 1.10 bits per heavy atom. The Morgan fingerprint density at radius 3 is 2.62 bits per heavy atom. The summed E-state index contributed by atoms with van der Waals surface area (Å²) >= 11 is 1.45. The lowest BCUT2D eigenvalue weighted by atomic mass is 10.2. The summed E-state index contributed by atoms with van der Waals surface area (Å²) in [5.41, 5.74) is 2.67. The first kappa shape index (κ1) is 19.8. The minimum atomic E-state index is -0.426. The zero-order valence-corrected chi connectivity index (χ0v) is 17.4. The lowest BCUT2D eigenvalue weighted by Crippen LogP contribution is -2.46. The molecular weight excluding hydrogens is 384 g/mol. The molecule has 0 aliphatic carbocycles. The molecule has 152 valence electrons. The van der Waals surface area contributed by atoms with Crippen LogP contribution in [-0.4, -0.2) is 54.7 Å². The molecule has 0 spiro atoms. The molecule has 2 amide bonds. The zero-order chi connectivity index (χ0) is 20.2. The molecule has 0 saturated carbocycles. The Labute approximate surface area is 175 Å². The summed E-state index contributed by atoms with van der Waals surface area (Å²) in [7, 11) is 0. The standard InChI is InChI=1S/C22H26N4O2S/c1-2-25-11-13-26(14-12-25)18-9-5-3-7-16(18)23-21(27)15-20-22(28)24-17-8-4-6-10-19(17)29-20/h3-10,20H,2,11-15H2,1H3,(H,23,27)(H,24,28). The summed E-state index contributed by atoms with van der Waals surface area (Å²) < 4.78 is 0. The normalized spacial score (nSPS) is 19.4. The molecule has 2 aromatic carbocycles. The van der Waals surface area contributed by atoms with Gasteiger partial charge in [-0.15, -0.1) is 11.8 Å². The topological polar surface area (TPSA) is 64.7 Å². The number of likely N-dealkylation sites (N-methyl/N-ethyl adjacent to an activating group) is 1. The van der Waals surface area contributed by atoms with Crippen molar-refractivity contribution in [2.24, 2.45) is 0 Å². The number of anilines is 3. The van der Waals surface area contributed by atoms with Crippen LogP contribution in [-0.2, 0) is 9.59 Å². The molecular formula is C22H26N4O2S. The van der Waals surface area contributed by atoms with Crippen molar-refractivity contribution in [1.29, 1.82) is 0 Å². The van der Waals surface area contributed by atoms with Crippen LogP contribution in [0.1, 0.15) is 13.3 Å². The maximum Gasteiger partial charge on any atom is 0.238 e. The van der Waals surface area contributed by atoms with E-state index in [4.69, 9.17) is 0 Å². The fourth-order valence-corrected chi connectivity index (χ4v) is 4.87. The monoisotopic (exact) mass is 410 g/mol. The number of carbonyl (C=O) groups excluding carboxylic acids is 2. The summed E-state index contributed by atoms with van der Waals surface area (Å²) in [6.07, 6.45) is 0.142. The van der Waals surface area contributed by atoms with E-state index in [2.05, 4.69) is 33.4 Å². The third-order valence-electron chi connectivity index (χ3n) is 5.42. The first-order chi connectivity index (χ1) is 14.1. The van der Waals surface area contributed by atoms with Crippen molar-refractivity contribution in [3.8, 4) is 0 Å². The van der Waals surface area contributed by atoms with Crippen molar-refractivity contribution in [3.05, 3.63) is 48.5 Å². The molecule has 0 bridgehead atoms. The Kier molecular flexibility index (Phi) is 6.06. The fourth-order valence-electron chi connectivity index (χ4n) is 3.76. The smallest absolute Gasteiger partial charge is 0.238 e. The second kappa shape index (κ2) is 8.88. The number of hydrogen-bond donors (Lipinski definition) is 2. The first-order valence-corrected chi connectivity index (χ1v) is 10.9. The number of nitrogens with zero attached hydrogens (tertiary/aromatic N) is 2. The molecule has 6 nitrogen and oxygen atoms in total. The lowest BCUT2D eigenvalue weighted by molar-refractivity contribution is -0.120. The van der Waals surface area contributed by atoms with E-state index in [0.29, 0.717) is 0 Å². The molecule has 7 heteroatoms. The number of thioether (sulfide) groups is 1. The molecule has 29 heavy (non-hydrogen) atoms. The van der Waals surface area contributed by atoms with Crippen molar-refractivity contribution in [2.45, 2.75) is 23.5 Å². The van der Waals surface area contributed by atoms with E-state index in [-0.39, 0.29) is 18.2 Å². The number of rotatable bonds is 5. The molecule has 2 N–H and O–H groups in total. The van der Waals surface area contributed by atoms with Gasteiger partial charge in [-0.2, -0.15) is 0 Å². The quantitative estimate of drug-likeness (QED) is 0.792. The van der Waals surface area contributed by atoms with Gasteiger partial charge in [0.25, 0.3) is 0 Å². The van der Waals surface area contributed by atoms with E-state index < -0.39 is 5.25 Å². The zero-order valence-electron chi connectivity index (χ0n) is 16.6. The van der Waals surface area contributed by atoms with Crippen LogP contribution in [0.25, 0.3) is 0 Å². The Hall–Kier alpha value is -2.51. The molecule has 1 saturated heterocycles. The van der Waals surface area contributed by atoms with Gasteiger partial charge in [0.05, 0.1) is 22.3 Å². The maximum atomic E-state index is 12.7. The maximum absolute atomic E-state index is 12.7. The lowest BCUT2D eigenvalue weighted by Gasteiger charge is -2.36. The van der Waals surface area contributed by atoms with Gasteiger partial charge in [0.15, 0.2) is 0 Å². The van der Waals surface area contributed by atoms with Gasteiger partial charge in [-0.25, -0.2) is 0 Å². The predicted molar refractivity (Wildman–Crippen MR) is 119 cm³/mol. The molecule has 4 rings (SSSR count). The van der Waals surface area contributed by atoms with Gasteiger partial charge in [-0.05, 0) is 30.8 Å². The summed E-state index contributed by atoms with van der Waals surface area (Å²) in [4.78, 5) is 30.9. The van der Waals surface area contributed by atoms with Gasteiger partial charge in [0.2, 0.25) is 11.8 Å². The molecule has 1 fully saturated rings. The van der Waals surface area contributed by atoms with E-state index in [1.165, 1.54) is 11.8 Å². The van der Waals surface area contributed by atoms with Crippen LogP contribution in [0.5, 0.6) is 0 Å². The minimum absolute atomic E-state index is 0.118. The molecule has 0 aromatic heterocycles. The van der Waals surface area contributed by atoms with Crippen LogP contribution in [0.2, 0.25) is 0 Å². The molecule has 2 aliphatic heterocycles. The van der Waals surface area contributed by atoms with Gasteiger partial charge in [0, 0.05) is 37.5 Å². The van der Waals surface area contributed by atoms with Crippen molar-refractivity contribution >= 4 is 40.6 Å². The van der Waals surface area contributed by atoms with Crippen LogP contribution in [0.15, 0.2) is 53.4 Å². The first-order valence-electron chi connectivity index (χ1n) is 10.1. The van der Waals surface area contributed by atoms with Gasteiger partial charge in [0.1, 0.15) is 0 Å². The minimum Gasteiger partial charge on any atom is -0.367 e.